The molecule has 1 aromatic heterocycles. The molecule has 0 spiro atoms. The molecule has 1 heterocycles. The van der Waals surface area contributed by atoms with Crippen molar-refractivity contribution in [2.75, 3.05) is 14.2 Å². The van der Waals surface area contributed by atoms with Crippen LogP contribution in [0.4, 0.5) is 0 Å². The van der Waals surface area contributed by atoms with E-state index in [1.165, 1.54) is 0 Å². The zero-order valence-electron chi connectivity index (χ0n) is 11.8. The number of aromatic nitrogens is 2. The summed E-state index contributed by atoms with van der Waals surface area (Å²) in [6.45, 7) is 1.12. The SMILES string of the molecule is CNCc1ccc(OCc2ncc(Cl)n2C)c(OC)c1. The highest BCUT2D eigenvalue weighted by Crippen LogP contribution is 2.28. The van der Waals surface area contributed by atoms with Gasteiger partial charge in [-0.3, -0.25) is 0 Å². The molecule has 6 heteroatoms. The van der Waals surface area contributed by atoms with E-state index in [1.807, 2.05) is 32.3 Å². The van der Waals surface area contributed by atoms with E-state index in [2.05, 4.69) is 10.3 Å². The predicted molar refractivity (Wildman–Crippen MR) is 78.3 cm³/mol. The highest BCUT2D eigenvalue weighted by molar-refractivity contribution is 6.29. The lowest BCUT2D eigenvalue weighted by Crippen LogP contribution is -2.07. The second-order valence-electron chi connectivity index (χ2n) is 4.36. The summed E-state index contributed by atoms with van der Waals surface area (Å²) in [6, 6.07) is 5.85. The first kappa shape index (κ1) is 14.7. The van der Waals surface area contributed by atoms with Crippen LogP contribution in [0.25, 0.3) is 0 Å². The molecule has 0 atom stereocenters. The third-order valence-corrected chi connectivity index (χ3v) is 3.34. The van der Waals surface area contributed by atoms with Gasteiger partial charge in [0.15, 0.2) is 11.5 Å². The van der Waals surface area contributed by atoms with Gasteiger partial charge in [-0.2, -0.15) is 0 Å². The van der Waals surface area contributed by atoms with Gasteiger partial charge in [0.2, 0.25) is 0 Å². The highest BCUT2D eigenvalue weighted by Gasteiger charge is 2.09. The van der Waals surface area contributed by atoms with E-state index in [4.69, 9.17) is 21.1 Å². The Bertz CT molecular complexity index is 584. The van der Waals surface area contributed by atoms with Crippen molar-refractivity contribution in [1.82, 2.24) is 14.9 Å². The molecule has 1 aromatic carbocycles. The van der Waals surface area contributed by atoms with Gasteiger partial charge in [-0.1, -0.05) is 17.7 Å². The predicted octanol–water partition coefficient (Wildman–Crippen LogP) is 2.38. The standard InChI is InChI=1S/C14H18ClN3O2/c1-16-7-10-4-5-11(12(6-10)19-3)20-9-14-17-8-13(15)18(14)2/h4-6,8,16H,7,9H2,1-3H3. The summed E-state index contributed by atoms with van der Waals surface area (Å²) in [6.07, 6.45) is 1.60. The number of halogens is 1. The number of methoxy groups -OCH3 is 1. The lowest BCUT2D eigenvalue weighted by atomic mass is 10.2. The Morgan fingerprint density at radius 3 is 2.75 bits per heavy atom. The molecule has 0 radical (unpaired) electrons. The quantitative estimate of drug-likeness (QED) is 0.889. The molecule has 0 bridgehead atoms. The number of nitrogens with zero attached hydrogens (tertiary/aromatic N) is 2. The summed E-state index contributed by atoms with van der Waals surface area (Å²) in [5, 5.41) is 3.68. The minimum atomic E-state index is 0.338. The monoisotopic (exact) mass is 295 g/mol. The van der Waals surface area contributed by atoms with Crippen LogP contribution in [-0.4, -0.2) is 23.7 Å². The van der Waals surface area contributed by atoms with Crippen LogP contribution < -0.4 is 14.8 Å². The molecule has 0 amide bonds. The van der Waals surface area contributed by atoms with Crippen LogP contribution in [0.15, 0.2) is 24.4 Å². The van der Waals surface area contributed by atoms with E-state index in [9.17, 15) is 0 Å². The largest absolute Gasteiger partial charge is 0.493 e. The number of imidazole rings is 1. The number of hydrogen-bond donors (Lipinski definition) is 1. The maximum absolute atomic E-state index is 5.94. The molecule has 0 unspecified atom stereocenters. The van der Waals surface area contributed by atoms with Crippen molar-refractivity contribution in [3.63, 3.8) is 0 Å². The van der Waals surface area contributed by atoms with Crippen molar-refractivity contribution >= 4 is 11.6 Å². The molecule has 0 fully saturated rings. The Labute approximate surface area is 123 Å². The smallest absolute Gasteiger partial charge is 0.161 e. The average molecular weight is 296 g/mol. The van der Waals surface area contributed by atoms with Gasteiger partial charge in [0.05, 0.1) is 13.3 Å². The summed E-state index contributed by atoms with van der Waals surface area (Å²) >= 11 is 5.94. The van der Waals surface area contributed by atoms with Crippen LogP contribution in [0, 0.1) is 0 Å². The summed E-state index contributed by atoms with van der Waals surface area (Å²) < 4.78 is 12.9. The van der Waals surface area contributed by atoms with Crippen LogP contribution in [0.2, 0.25) is 5.15 Å². The molecule has 2 aromatic rings. The molecule has 5 nitrogen and oxygen atoms in total. The first-order valence-corrected chi connectivity index (χ1v) is 6.64. The summed E-state index contributed by atoms with van der Waals surface area (Å²) in [7, 11) is 5.38. The molecule has 0 aliphatic carbocycles. The minimum Gasteiger partial charge on any atom is -0.493 e. The van der Waals surface area contributed by atoms with E-state index < -0.39 is 0 Å². The molecule has 0 saturated carbocycles. The first-order valence-electron chi connectivity index (χ1n) is 6.26. The summed E-state index contributed by atoms with van der Waals surface area (Å²) in [5.74, 6) is 2.15. The Morgan fingerprint density at radius 2 is 2.15 bits per heavy atom. The summed E-state index contributed by atoms with van der Waals surface area (Å²) in [4.78, 5) is 4.19. The molecular weight excluding hydrogens is 278 g/mol. The van der Waals surface area contributed by atoms with E-state index in [0.29, 0.717) is 23.3 Å². The van der Waals surface area contributed by atoms with Gasteiger partial charge in [-0.25, -0.2) is 4.98 Å². The molecule has 0 aliphatic heterocycles. The zero-order valence-corrected chi connectivity index (χ0v) is 12.6. The van der Waals surface area contributed by atoms with Gasteiger partial charge in [-0.05, 0) is 24.7 Å². The van der Waals surface area contributed by atoms with Gasteiger partial charge in [0.25, 0.3) is 0 Å². The molecule has 20 heavy (non-hydrogen) atoms. The fourth-order valence-electron chi connectivity index (χ4n) is 1.85. The van der Waals surface area contributed by atoms with Crippen LogP contribution >= 0.6 is 11.6 Å². The Morgan fingerprint density at radius 1 is 1.35 bits per heavy atom. The van der Waals surface area contributed by atoms with Gasteiger partial charge < -0.3 is 19.4 Å². The van der Waals surface area contributed by atoms with Gasteiger partial charge in [0, 0.05) is 13.6 Å². The fourth-order valence-corrected chi connectivity index (χ4v) is 1.99. The molecular formula is C14H18ClN3O2. The van der Waals surface area contributed by atoms with Crippen LogP contribution in [-0.2, 0) is 20.2 Å². The maximum atomic E-state index is 5.94. The number of rotatable bonds is 6. The molecule has 2 rings (SSSR count). The van der Waals surface area contributed by atoms with Crippen LogP contribution in [0.1, 0.15) is 11.4 Å². The lowest BCUT2D eigenvalue weighted by molar-refractivity contribution is 0.273. The van der Waals surface area contributed by atoms with E-state index in [1.54, 1.807) is 17.9 Å². The molecule has 108 valence electrons. The van der Waals surface area contributed by atoms with Gasteiger partial charge in [-0.15, -0.1) is 0 Å². The van der Waals surface area contributed by atoms with E-state index in [0.717, 1.165) is 17.9 Å². The Hall–Kier alpha value is -1.72. The number of nitrogens with one attached hydrogen (secondary N) is 1. The molecule has 0 saturated heterocycles. The van der Waals surface area contributed by atoms with Crippen molar-refractivity contribution in [2.24, 2.45) is 7.05 Å². The third kappa shape index (κ3) is 3.23. The van der Waals surface area contributed by atoms with Crippen molar-refractivity contribution in [1.29, 1.82) is 0 Å². The fraction of sp³-hybridized carbons (Fsp3) is 0.357. The maximum Gasteiger partial charge on any atom is 0.161 e. The third-order valence-electron chi connectivity index (χ3n) is 2.99. The minimum absolute atomic E-state index is 0.338. The van der Waals surface area contributed by atoms with E-state index in [-0.39, 0.29) is 0 Å². The Kier molecular flexibility index (Phi) is 4.87. The number of hydrogen-bond acceptors (Lipinski definition) is 4. The van der Waals surface area contributed by atoms with Crippen LogP contribution in [0.3, 0.4) is 0 Å². The second-order valence-corrected chi connectivity index (χ2v) is 4.75. The van der Waals surface area contributed by atoms with Gasteiger partial charge >= 0.3 is 0 Å². The lowest BCUT2D eigenvalue weighted by Gasteiger charge is -2.12. The first-order chi connectivity index (χ1) is 9.65. The number of ether oxygens (including phenoxy) is 2. The normalized spacial score (nSPS) is 10.6. The topological polar surface area (TPSA) is 48.3 Å². The molecule has 1 N–H and O–H groups in total. The van der Waals surface area contributed by atoms with Crippen LogP contribution in [0.5, 0.6) is 11.5 Å². The van der Waals surface area contributed by atoms with Crippen molar-refractivity contribution in [3.8, 4) is 11.5 Å². The second kappa shape index (κ2) is 6.63. The molecule has 0 aliphatic rings. The number of benzene rings is 1. The zero-order chi connectivity index (χ0) is 14.5. The highest BCUT2D eigenvalue weighted by atomic mass is 35.5. The van der Waals surface area contributed by atoms with Crippen molar-refractivity contribution in [2.45, 2.75) is 13.2 Å². The van der Waals surface area contributed by atoms with Gasteiger partial charge in [0.1, 0.15) is 17.6 Å². The Balaban J connectivity index is 2.11. The van der Waals surface area contributed by atoms with Crippen molar-refractivity contribution in [3.05, 3.63) is 40.9 Å². The summed E-state index contributed by atoms with van der Waals surface area (Å²) in [5.41, 5.74) is 1.14. The average Bonchev–Trinajstić information content (AvgIpc) is 2.77. The van der Waals surface area contributed by atoms with Crippen molar-refractivity contribution < 1.29 is 9.47 Å². The van der Waals surface area contributed by atoms with E-state index >= 15 is 0 Å².